The Morgan fingerprint density at radius 3 is 2.44 bits per heavy atom. The lowest BCUT2D eigenvalue weighted by Gasteiger charge is -2.35. The summed E-state index contributed by atoms with van der Waals surface area (Å²) in [4.78, 5) is 48.8. The van der Waals surface area contributed by atoms with Crippen LogP contribution in [0.1, 0.15) is 62.7 Å². The van der Waals surface area contributed by atoms with Crippen molar-refractivity contribution in [2.24, 2.45) is 5.73 Å². The zero-order valence-electron chi connectivity index (χ0n) is 37.2. The Balaban J connectivity index is 0.784. The summed E-state index contributed by atoms with van der Waals surface area (Å²) in [5.41, 5.74) is 15.2. The van der Waals surface area contributed by atoms with Crippen LogP contribution in [0.3, 0.4) is 0 Å². The van der Waals surface area contributed by atoms with Gasteiger partial charge in [0.05, 0.1) is 35.5 Å². The fourth-order valence-electron chi connectivity index (χ4n) is 8.62. The maximum Gasteiger partial charge on any atom is 0.410 e. The van der Waals surface area contributed by atoms with Gasteiger partial charge in [-0.15, -0.1) is 0 Å². The van der Waals surface area contributed by atoms with Gasteiger partial charge in [0.15, 0.2) is 0 Å². The predicted molar refractivity (Wildman–Crippen MR) is 258 cm³/mol. The Bertz CT molecular complexity index is 2910. The minimum atomic E-state index is -0.784. The molecular weight excluding hydrogens is 835 g/mol. The van der Waals surface area contributed by atoms with E-state index >= 15 is 0 Å². The van der Waals surface area contributed by atoms with Crippen LogP contribution in [0.25, 0.3) is 21.8 Å². The Labute approximate surface area is 383 Å². The number of hydrogen-bond acceptors (Lipinski definition) is 11. The lowest BCUT2D eigenvalue weighted by atomic mass is 9.97. The van der Waals surface area contributed by atoms with E-state index in [2.05, 4.69) is 61.9 Å². The summed E-state index contributed by atoms with van der Waals surface area (Å²) in [6.07, 6.45) is 3.88. The average Bonchev–Trinajstić information content (AvgIpc) is 3.32. The molecule has 5 aromatic carbocycles. The molecule has 7 aromatic rings. The number of aliphatic hydroxyl groups is 1. The normalized spacial score (nSPS) is 13.2. The number of amides is 2. The van der Waals surface area contributed by atoms with Crippen LogP contribution in [0.5, 0.6) is 11.5 Å². The van der Waals surface area contributed by atoms with Gasteiger partial charge in [-0.2, -0.15) is 0 Å². The van der Waals surface area contributed by atoms with Crippen LogP contribution in [0, 0.1) is 6.92 Å². The molecule has 0 unspecified atom stereocenters. The number of phenolic OH excluding ortho intramolecular Hbond substituents is 1. The predicted octanol–water partition coefficient (Wildman–Crippen LogP) is 7.64. The van der Waals surface area contributed by atoms with Gasteiger partial charge in [0, 0.05) is 73.2 Å². The molecule has 14 nitrogen and oxygen atoms in total. The van der Waals surface area contributed by atoms with Gasteiger partial charge in [-0.25, -0.2) is 4.79 Å². The fraction of sp³-hybridized carbons (Fsp3) is 0.269. The van der Waals surface area contributed by atoms with E-state index in [1.807, 2.05) is 55.5 Å². The van der Waals surface area contributed by atoms with Gasteiger partial charge >= 0.3 is 6.09 Å². The summed E-state index contributed by atoms with van der Waals surface area (Å²) >= 11 is 0. The number of ether oxygens (including phenoxy) is 2. The molecule has 1 fully saturated rings. The number of aromatic amines is 1. The average molecular weight is 890 g/mol. The molecule has 14 heteroatoms. The van der Waals surface area contributed by atoms with E-state index in [1.54, 1.807) is 24.1 Å². The quantitative estimate of drug-likeness (QED) is 0.0492. The third-order valence-corrected chi connectivity index (χ3v) is 12.1. The second-order valence-electron chi connectivity index (χ2n) is 16.7. The molecule has 1 aliphatic rings. The summed E-state index contributed by atoms with van der Waals surface area (Å²) in [5.74, 6) is 0.0699. The van der Waals surface area contributed by atoms with Crippen molar-refractivity contribution in [1.82, 2.24) is 20.2 Å². The molecule has 8 rings (SSSR count). The molecule has 7 N–H and O–H groups in total. The van der Waals surface area contributed by atoms with Crippen molar-refractivity contribution in [3.05, 3.63) is 165 Å². The number of pyridine rings is 2. The summed E-state index contributed by atoms with van der Waals surface area (Å²) in [6.45, 7) is 5.80. The van der Waals surface area contributed by atoms with Crippen LogP contribution in [-0.4, -0.2) is 83.5 Å². The molecule has 1 aliphatic heterocycles. The number of rotatable bonds is 17. The van der Waals surface area contributed by atoms with Crippen molar-refractivity contribution >= 4 is 50.9 Å². The third kappa shape index (κ3) is 10.7. The van der Waals surface area contributed by atoms with Gasteiger partial charge < -0.3 is 50.8 Å². The number of fused-ring (bicyclic) bond motifs is 2. The molecule has 0 aliphatic carbocycles. The van der Waals surface area contributed by atoms with Gasteiger partial charge in [-0.1, -0.05) is 54.6 Å². The second-order valence-corrected chi connectivity index (χ2v) is 16.7. The zero-order valence-corrected chi connectivity index (χ0v) is 37.2. The highest BCUT2D eigenvalue weighted by Gasteiger charge is 2.23. The van der Waals surface area contributed by atoms with Crippen molar-refractivity contribution < 1.29 is 29.3 Å². The van der Waals surface area contributed by atoms with Crippen LogP contribution in [0.2, 0.25) is 0 Å². The first-order valence-electron chi connectivity index (χ1n) is 22.2. The number of primary amides is 1. The Kier molecular flexibility index (Phi) is 14.1. The minimum absolute atomic E-state index is 0.0278. The standard InChI is InChI=1S/C52H55N7O7/c1-33-25-37(28-43-48(33)55-30-44(51(53)63)49(43)56-38-10-6-11-40(29-38)65-2)27-35-8-5-9-36(26-35)32-66-52(64)59-23-21-58(22-24-59)39-14-12-34(13-15-39)7-3-4-20-54-31-46(61)41-16-18-45(60)50-42(41)17-19-47(62)57-50/h5-6,8-19,25-26,28-30,46,54,60-61H,3-4,7,20-24,27,31-32H2,1-2H3,(H2,53,63)(H,55,56)(H,57,62)/t46-/m0/s1. The maximum atomic E-state index is 13.2. The van der Waals surface area contributed by atoms with Gasteiger partial charge in [0.25, 0.3) is 5.91 Å². The molecule has 66 heavy (non-hydrogen) atoms. The molecule has 1 saturated heterocycles. The summed E-state index contributed by atoms with van der Waals surface area (Å²) < 4.78 is 11.2. The summed E-state index contributed by atoms with van der Waals surface area (Å²) in [6, 6.07) is 34.4. The number of piperazine rings is 1. The number of carbonyl (C=O) groups is 2. The topological polar surface area (TPSA) is 195 Å². The molecule has 0 spiro atoms. The smallest absolute Gasteiger partial charge is 0.410 e. The number of aliphatic hydroxyl groups excluding tert-OH is 1. The highest BCUT2D eigenvalue weighted by atomic mass is 16.6. The first-order valence-corrected chi connectivity index (χ1v) is 22.2. The molecular formula is C52H55N7O7. The molecule has 340 valence electrons. The molecule has 3 heterocycles. The van der Waals surface area contributed by atoms with E-state index in [0.717, 1.165) is 70.3 Å². The summed E-state index contributed by atoms with van der Waals surface area (Å²) in [5, 5.41) is 29.1. The molecule has 0 saturated carbocycles. The zero-order chi connectivity index (χ0) is 46.2. The number of nitrogens with zero attached hydrogens (tertiary/aromatic N) is 3. The maximum absolute atomic E-state index is 13.2. The number of phenols is 1. The number of nitrogens with one attached hydrogen (secondary N) is 3. The van der Waals surface area contributed by atoms with Crippen molar-refractivity contribution in [1.29, 1.82) is 0 Å². The van der Waals surface area contributed by atoms with Crippen molar-refractivity contribution in [2.75, 3.05) is 56.6 Å². The van der Waals surface area contributed by atoms with Crippen LogP contribution < -0.4 is 31.6 Å². The van der Waals surface area contributed by atoms with Gasteiger partial charge in [-0.05, 0) is 115 Å². The largest absolute Gasteiger partial charge is 0.506 e. The van der Waals surface area contributed by atoms with Gasteiger partial charge in [0.2, 0.25) is 5.56 Å². The van der Waals surface area contributed by atoms with Crippen molar-refractivity contribution in [3.63, 3.8) is 0 Å². The molecule has 0 bridgehead atoms. The van der Waals surface area contributed by atoms with E-state index in [-0.39, 0.29) is 29.6 Å². The number of methoxy groups -OCH3 is 1. The molecule has 2 aromatic heterocycles. The van der Waals surface area contributed by atoms with Crippen LogP contribution in [0.4, 0.5) is 21.9 Å². The van der Waals surface area contributed by atoms with Crippen molar-refractivity contribution in [3.8, 4) is 11.5 Å². The number of carbonyl (C=O) groups excluding carboxylic acids is 2. The number of nitrogens with two attached hydrogens (primary N) is 1. The first-order chi connectivity index (χ1) is 32.0. The van der Waals surface area contributed by atoms with Gasteiger partial charge in [-0.3, -0.25) is 14.6 Å². The van der Waals surface area contributed by atoms with E-state index in [1.165, 1.54) is 23.9 Å². The van der Waals surface area contributed by atoms with Crippen LogP contribution >= 0.6 is 0 Å². The Morgan fingerprint density at radius 1 is 0.864 bits per heavy atom. The second kappa shape index (κ2) is 20.6. The number of unbranched alkanes of at least 4 members (excludes halogenated alkanes) is 1. The SMILES string of the molecule is COc1cccc(Nc2c(C(N)=O)cnc3c(C)cc(Cc4cccc(COC(=O)N5CCN(c6ccc(CCCCNC[C@H](O)c7ccc(O)c8[nH]c(=O)ccc78)cc6)CC5)c4)cc23)c1. The Morgan fingerprint density at radius 2 is 1.65 bits per heavy atom. The number of benzene rings is 5. The lowest BCUT2D eigenvalue weighted by molar-refractivity contribution is 0.0941. The number of aryl methyl sites for hydroxylation is 2. The Hall–Kier alpha value is -7.42. The monoisotopic (exact) mass is 889 g/mol. The van der Waals surface area contributed by atoms with Gasteiger partial charge in [0.1, 0.15) is 18.1 Å². The summed E-state index contributed by atoms with van der Waals surface area (Å²) in [7, 11) is 1.60. The highest BCUT2D eigenvalue weighted by Crippen LogP contribution is 2.34. The highest BCUT2D eigenvalue weighted by molar-refractivity contribution is 6.08. The van der Waals surface area contributed by atoms with Crippen LogP contribution in [-0.2, 0) is 24.2 Å². The number of aromatic nitrogens is 2. The number of anilines is 3. The van der Waals surface area contributed by atoms with Crippen LogP contribution in [0.15, 0.2) is 120 Å². The molecule has 2 amide bonds. The minimum Gasteiger partial charge on any atom is -0.506 e. The number of aromatic hydroxyl groups is 1. The van der Waals surface area contributed by atoms with E-state index in [9.17, 15) is 24.6 Å². The van der Waals surface area contributed by atoms with E-state index in [0.29, 0.717) is 67.0 Å². The third-order valence-electron chi connectivity index (χ3n) is 12.1. The van der Waals surface area contributed by atoms with Crippen molar-refractivity contribution in [2.45, 2.75) is 45.3 Å². The molecule has 0 radical (unpaired) electrons. The number of hydrogen-bond donors (Lipinski definition) is 6. The lowest BCUT2D eigenvalue weighted by Crippen LogP contribution is -2.48. The van der Waals surface area contributed by atoms with E-state index in [4.69, 9.17) is 15.2 Å². The van der Waals surface area contributed by atoms with E-state index < -0.39 is 12.0 Å². The first kappa shape index (κ1) is 45.2. The molecule has 1 atom stereocenters. The fourth-order valence-corrected chi connectivity index (χ4v) is 8.62. The number of H-pyrrole nitrogens is 1.